The molecule has 0 saturated carbocycles. The van der Waals surface area contributed by atoms with Gasteiger partial charge in [0.05, 0.1) is 16.9 Å². The average Bonchev–Trinajstić information content (AvgIpc) is 2.33. The first-order valence-corrected chi connectivity index (χ1v) is 6.50. The van der Waals surface area contributed by atoms with Crippen LogP contribution in [0.5, 0.6) is 0 Å². The van der Waals surface area contributed by atoms with E-state index in [1.54, 1.807) is 6.21 Å². The molecule has 0 amide bonds. The van der Waals surface area contributed by atoms with Gasteiger partial charge in [0, 0.05) is 9.13 Å². The molecule has 4 heteroatoms. The second-order valence-corrected chi connectivity index (χ2v) is 5.05. The molecule has 0 radical (unpaired) electrons. The van der Waals surface area contributed by atoms with Crippen LogP contribution in [0.15, 0.2) is 53.6 Å². The molecule has 2 aromatic carbocycles. The predicted octanol–water partition coefficient (Wildman–Crippen LogP) is 4.39. The molecule has 0 aliphatic carbocycles. The Bertz CT molecular complexity index is 526. The summed E-state index contributed by atoms with van der Waals surface area (Å²) >= 11 is 8.31. The van der Waals surface area contributed by atoms with Gasteiger partial charge in [-0.2, -0.15) is 5.10 Å². The van der Waals surface area contributed by atoms with E-state index < -0.39 is 0 Å². The van der Waals surface area contributed by atoms with Crippen LogP contribution in [0.4, 0.5) is 5.69 Å². The van der Waals surface area contributed by atoms with Gasteiger partial charge in [0.25, 0.3) is 0 Å². The highest BCUT2D eigenvalue weighted by atomic mass is 127. The third kappa shape index (κ3) is 3.71. The smallest absolute Gasteiger partial charge is 0.0561 e. The zero-order valence-electron chi connectivity index (χ0n) is 8.90. The molecule has 0 aliphatic heterocycles. The Balaban J connectivity index is 2.06. The minimum absolute atomic E-state index is 0.704. The van der Waals surface area contributed by atoms with E-state index in [1.165, 1.54) is 0 Å². The van der Waals surface area contributed by atoms with Gasteiger partial charge in [-0.25, -0.2) is 0 Å². The Kier molecular flexibility index (Phi) is 4.39. The topological polar surface area (TPSA) is 24.4 Å². The Morgan fingerprint density at radius 1 is 1.12 bits per heavy atom. The van der Waals surface area contributed by atoms with Crippen LogP contribution in [0.3, 0.4) is 0 Å². The molecule has 2 nitrogen and oxygen atoms in total. The van der Waals surface area contributed by atoms with Gasteiger partial charge in [0.15, 0.2) is 0 Å². The maximum atomic E-state index is 6.09. The van der Waals surface area contributed by atoms with Crippen LogP contribution in [0.1, 0.15) is 5.56 Å². The molecule has 0 aromatic heterocycles. The lowest BCUT2D eigenvalue weighted by Gasteiger charge is -2.00. The largest absolute Gasteiger partial charge is 0.279 e. The molecule has 0 bridgehead atoms. The summed E-state index contributed by atoms with van der Waals surface area (Å²) in [6, 6.07) is 15.6. The van der Waals surface area contributed by atoms with E-state index in [9.17, 15) is 0 Å². The Hall–Kier alpha value is -1.07. The SMILES string of the molecule is Clc1cc(I)ccc1C=NNc1ccccc1. The maximum Gasteiger partial charge on any atom is 0.0561 e. The van der Waals surface area contributed by atoms with Crippen molar-refractivity contribution >= 4 is 46.1 Å². The molecule has 0 saturated heterocycles. The molecular formula is C13H10ClIN2. The van der Waals surface area contributed by atoms with Crippen molar-refractivity contribution in [1.29, 1.82) is 0 Å². The van der Waals surface area contributed by atoms with Crippen LogP contribution < -0.4 is 5.43 Å². The van der Waals surface area contributed by atoms with Crippen molar-refractivity contribution in [3.8, 4) is 0 Å². The lowest BCUT2D eigenvalue weighted by atomic mass is 10.2. The molecule has 0 spiro atoms. The van der Waals surface area contributed by atoms with Crippen LogP contribution >= 0.6 is 34.2 Å². The lowest BCUT2D eigenvalue weighted by molar-refractivity contribution is 1.35. The van der Waals surface area contributed by atoms with E-state index in [0.29, 0.717) is 5.02 Å². The molecule has 0 aliphatic rings. The number of hydrazone groups is 1. The first kappa shape index (κ1) is 12.4. The molecule has 2 rings (SSSR count). The average molecular weight is 357 g/mol. The Morgan fingerprint density at radius 2 is 1.88 bits per heavy atom. The number of hydrogen-bond donors (Lipinski definition) is 1. The molecule has 1 N–H and O–H groups in total. The summed E-state index contributed by atoms with van der Waals surface area (Å²) in [4.78, 5) is 0. The van der Waals surface area contributed by atoms with Crippen molar-refractivity contribution in [3.05, 3.63) is 62.7 Å². The van der Waals surface area contributed by atoms with Crippen LogP contribution in [-0.4, -0.2) is 6.21 Å². The number of nitrogens with one attached hydrogen (secondary N) is 1. The zero-order chi connectivity index (χ0) is 12.1. The fourth-order valence-corrected chi connectivity index (χ4v) is 2.20. The third-order valence-electron chi connectivity index (χ3n) is 2.13. The quantitative estimate of drug-likeness (QED) is 0.492. The summed E-state index contributed by atoms with van der Waals surface area (Å²) in [6.07, 6.45) is 1.71. The second kappa shape index (κ2) is 6.02. The van der Waals surface area contributed by atoms with Crippen molar-refractivity contribution in [2.75, 3.05) is 5.43 Å². The van der Waals surface area contributed by atoms with Gasteiger partial charge < -0.3 is 0 Å². The predicted molar refractivity (Wildman–Crippen MR) is 81.8 cm³/mol. The highest BCUT2D eigenvalue weighted by Crippen LogP contribution is 2.17. The van der Waals surface area contributed by atoms with Gasteiger partial charge in [0.1, 0.15) is 0 Å². The van der Waals surface area contributed by atoms with Gasteiger partial charge in [0.2, 0.25) is 0 Å². The molecular weight excluding hydrogens is 347 g/mol. The van der Waals surface area contributed by atoms with E-state index in [-0.39, 0.29) is 0 Å². The molecule has 2 aromatic rings. The highest BCUT2D eigenvalue weighted by Gasteiger charge is 1.97. The normalized spacial score (nSPS) is 10.7. The molecule has 0 heterocycles. The summed E-state index contributed by atoms with van der Waals surface area (Å²) in [7, 11) is 0. The molecule has 17 heavy (non-hydrogen) atoms. The van der Waals surface area contributed by atoms with E-state index in [0.717, 1.165) is 14.8 Å². The fraction of sp³-hybridized carbons (Fsp3) is 0. The zero-order valence-corrected chi connectivity index (χ0v) is 11.8. The van der Waals surface area contributed by atoms with Crippen molar-refractivity contribution in [2.24, 2.45) is 5.10 Å². The van der Waals surface area contributed by atoms with Gasteiger partial charge >= 0.3 is 0 Å². The highest BCUT2D eigenvalue weighted by molar-refractivity contribution is 14.1. The number of para-hydroxylation sites is 1. The first-order valence-electron chi connectivity index (χ1n) is 5.05. The van der Waals surface area contributed by atoms with E-state index in [1.807, 2.05) is 48.5 Å². The van der Waals surface area contributed by atoms with Crippen LogP contribution in [-0.2, 0) is 0 Å². The van der Waals surface area contributed by atoms with Gasteiger partial charge in [-0.3, -0.25) is 5.43 Å². The van der Waals surface area contributed by atoms with Gasteiger partial charge in [-0.1, -0.05) is 35.9 Å². The van der Waals surface area contributed by atoms with Crippen LogP contribution in [0.2, 0.25) is 5.02 Å². The first-order chi connectivity index (χ1) is 8.25. The minimum Gasteiger partial charge on any atom is -0.279 e. The van der Waals surface area contributed by atoms with Crippen molar-refractivity contribution < 1.29 is 0 Å². The Labute approximate surface area is 119 Å². The van der Waals surface area contributed by atoms with Crippen LogP contribution in [0.25, 0.3) is 0 Å². The number of halogens is 2. The molecule has 0 fully saturated rings. The number of benzene rings is 2. The summed E-state index contributed by atoms with van der Waals surface area (Å²) < 4.78 is 1.11. The fourth-order valence-electron chi connectivity index (χ4n) is 1.30. The van der Waals surface area contributed by atoms with Crippen molar-refractivity contribution in [3.63, 3.8) is 0 Å². The van der Waals surface area contributed by atoms with Crippen LogP contribution in [0, 0.1) is 3.57 Å². The third-order valence-corrected chi connectivity index (χ3v) is 3.13. The number of hydrogen-bond acceptors (Lipinski definition) is 2. The van der Waals surface area contributed by atoms with Gasteiger partial charge in [-0.15, -0.1) is 0 Å². The summed E-state index contributed by atoms with van der Waals surface area (Å²) in [5.74, 6) is 0. The summed E-state index contributed by atoms with van der Waals surface area (Å²) in [6.45, 7) is 0. The monoisotopic (exact) mass is 356 g/mol. The Morgan fingerprint density at radius 3 is 2.59 bits per heavy atom. The molecule has 0 unspecified atom stereocenters. The maximum absolute atomic E-state index is 6.09. The number of nitrogens with zero attached hydrogens (tertiary/aromatic N) is 1. The number of rotatable bonds is 3. The van der Waals surface area contributed by atoms with Crippen molar-refractivity contribution in [2.45, 2.75) is 0 Å². The van der Waals surface area contributed by atoms with E-state index in [4.69, 9.17) is 11.6 Å². The van der Waals surface area contributed by atoms with E-state index >= 15 is 0 Å². The second-order valence-electron chi connectivity index (χ2n) is 3.40. The molecule has 0 atom stereocenters. The van der Waals surface area contributed by atoms with Gasteiger partial charge in [-0.05, 0) is 46.9 Å². The molecule has 86 valence electrons. The van der Waals surface area contributed by atoms with Crippen molar-refractivity contribution in [1.82, 2.24) is 0 Å². The standard InChI is InChI=1S/C13H10ClIN2/c14-13-8-11(15)7-6-10(13)9-16-17-12-4-2-1-3-5-12/h1-9,17H. The minimum atomic E-state index is 0.704. The lowest BCUT2D eigenvalue weighted by Crippen LogP contribution is -1.91. The van der Waals surface area contributed by atoms with E-state index in [2.05, 4.69) is 33.1 Å². The number of anilines is 1. The summed E-state index contributed by atoms with van der Waals surface area (Å²) in [5, 5.41) is 4.84. The summed E-state index contributed by atoms with van der Waals surface area (Å²) in [5.41, 5.74) is 4.79.